The zero-order valence-corrected chi connectivity index (χ0v) is 12.2. The van der Waals surface area contributed by atoms with E-state index in [-0.39, 0.29) is 5.92 Å². The molecular weight excluding hydrogens is 292 g/mol. The maximum absolute atomic E-state index is 12.0. The summed E-state index contributed by atoms with van der Waals surface area (Å²) in [5.41, 5.74) is 0.678. The predicted octanol–water partition coefficient (Wildman–Crippen LogP) is 2.31. The third-order valence-corrected chi connectivity index (χ3v) is 4.38. The summed E-state index contributed by atoms with van der Waals surface area (Å²) in [6, 6.07) is 19.0. The number of nitrogens with zero attached hydrogens (tertiary/aromatic N) is 4. The minimum absolute atomic E-state index is 0.132. The first-order chi connectivity index (χ1) is 11.2. The van der Waals surface area contributed by atoms with Crippen molar-refractivity contribution < 1.29 is 9.90 Å². The first-order valence-corrected chi connectivity index (χ1v) is 7.36. The lowest BCUT2D eigenvalue weighted by Gasteiger charge is -2.14. The first kappa shape index (κ1) is 13.6. The summed E-state index contributed by atoms with van der Waals surface area (Å²) in [6.07, 6.45) is 0.483. The van der Waals surface area contributed by atoms with Gasteiger partial charge in [0.25, 0.3) is 0 Å². The van der Waals surface area contributed by atoms with Gasteiger partial charge in [-0.25, -0.2) is 9.48 Å². The van der Waals surface area contributed by atoms with Crippen molar-refractivity contribution in [1.82, 2.24) is 20.2 Å². The predicted molar refractivity (Wildman–Crippen MR) is 82.7 cm³/mol. The molecule has 114 valence electrons. The number of carbonyl (C=O) groups is 1. The number of hydrogen-bond donors (Lipinski definition) is 1. The highest BCUT2D eigenvalue weighted by Gasteiger charge is 2.65. The quantitative estimate of drug-likeness (QED) is 0.800. The molecule has 6 nitrogen and oxygen atoms in total. The fourth-order valence-electron chi connectivity index (χ4n) is 3.12. The molecule has 1 fully saturated rings. The van der Waals surface area contributed by atoms with Crippen molar-refractivity contribution in [1.29, 1.82) is 0 Å². The SMILES string of the molecule is O=C(O)C1(n2nnnc2-c2ccccc2)CC1c1ccccc1. The van der Waals surface area contributed by atoms with Gasteiger partial charge in [-0.3, -0.25) is 0 Å². The molecule has 23 heavy (non-hydrogen) atoms. The highest BCUT2D eigenvalue weighted by atomic mass is 16.4. The van der Waals surface area contributed by atoms with Crippen molar-refractivity contribution in [3.63, 3.8) is 0 Å². The normalized spacial score (nSPS) is 22.7. The molecule has 0 saturated heterocycles. The third kappa shape index (κ3) is 2.03. The Morgan fingerprint density at radius 1 is 1.09 bits per heavy atom. The molecular formula is C17H14N4O2. The second-order valence-corrected chi connectivity index (χ2v) is 5.68. The molecule has 2 unspecified atom stereocenters. The molecule has 1 aliphatic rings. The molecule has 0 amide bonds. The van der Waals surface area contributed by atoms with Crippen molar-refractivity contribution in [3.8, 4) is 11.4 Å². The van der Waals surface area contributed by atoms with E-state index >= 15 is 0 Å². The largest absolute Gasteiger partial charge is 0.479 e. The molecule has 1 aromatic heterocycles. The van der Waals surface area contributed by atoms with Gasteiger partial charge in [0.2, 0.25) is 0 Å². The molecule has 6 heteroatoms. The summed E-state index contributed by atoms with van der Waals surface area (Å²) in [6.45, 7) is 0. The molecule has 0 radical (unpaired) electrons. The lowest BCUT2D eigenvalue weighted by atomic mass is 10.1. The fraction of sp³-hybridized carbons (Fsp3) is 0.176. The maximum Gasteiger partial charge on any atom is 0.332 e. The van der Waals surface area contributed by atoms with Crippen LogP contribution in [0.5, 0.6) is 0 Å². The molecule has 1 heterocycles. The maximum atomic E-state index is 12.0. The van der Waals surface area contributed by atoms with E-state index in [1.807, 2.05) is 60.7 Å². The molecule has 0 spiro atoms. The minimum Gasteiger partial charge on any atom is -0.479 e. The van der Waals surface area contributed by atoms with Crippen LogP contribution in [0.3, 0.4) is 0 Å². The van der Waals surface area contributed by atoms with Gasteiger partial charge in [0.05, 0.1) is 0 Å². The van der Waals surface area contributed by atoms with Gasteiger partial charge in [0.15, 0.2) is 11.4 Å². The third-order valence-electron chi connectivity index (χ3n) is 4.38. The highest BCUT2D eigenvalue weighted by Crippen LogP contribution is 2.57. The summed E-state index contributed by atoms with van der Waals surface area (Å²) in [5, 5.41) is 21.6. The van der Waals surface area contributed by atoms with Gasteiger partial charge in [-0.2, -0.15) is 0 Å². The van der Waals surface area contributed by atoms with Gasteiger partial charge in [0.1, 0.15) is 0 Å². The number of hydrogen-bond acceptors (Lipinski definition) is 4. The zero-order valence-electron chi connectivity index (χ0n) is 12.2. The summed E-state index contributed by atoms with van der Waals surface area (Å²) in [7, 11) is 0. The van der Waals surface area contributed by atoms with E-state index in [9.17, 15) is 9.90 Å². The number of aliphatic carboxylic acids is 1. The molecule has 0 aliphatic heterocycles. The lowest BCUT2D eigenvalue weighted by molar-refractivity contribution is -0.143. The fourth-order valence-corrected chi connectivity index (χ4v) is 3.12. The smallest absolute Gasteiger partial charge is 0.332 e. The number of benzene rings is 2. The van der Waals surface area contributed by atoms with E-state index < -0.39 is 11.5 Å². The van der Waals surface area contributed by atoms with Crippen LogP contribution in [0.15, 0.2) is 60.7 Å². The van der Waals surface area contributed by atoms with Gasteiger partial charge >= 0.3 is 5.97 Å². The van der Waals surface area contributed by atoms with Crippen molar-refractivity contribution in [2.75, 3.05) is 0 Å². The summed E-state index contributed by atoms with van der Waals surface area (Å²) in [4.78, 5) is 12.0. The van der Waals surface area contributed by atoms with E-state index in [0.29, 0.717) is 12.2 Å². The van der Waals surface area contributed by atoms with Crippen LogP contribution >= 0.6 is 0 Å². The van der Waals surface area contributed by atoms with Crippen molar-refractivity contribution in [2.45, 2.75) is 17.9 Å². The van der Waals surface area contributed by atoms with Gasteiger partial charge in [-0.05, 0) is 22.4 Å². The van der Waals surface area contributed by atoms with Gasteiger partial charge in [-0.15, -0.1) is 5.10 Å². The molecule has 2 atom stereocenters. The Hall–Kier alpha value is -3.02. The first-order valence-electron chi connectivity index (χ1n) is 7.36. The topological polar surface area (TPSA) is 80.9 Å². The van der Waals surface area contributed by atoms with Crippen LogP contribution in [-0.4, -0.2) is 31.3 Å². The molecule has 4 rings (SSSR count). The summed E-state index contributed by atoms with van der Waals surface area (Å²) < 4.78 is 1.46. The average molecular weight is 306 g/mol. The monoisotopic (exact) mass is 306 g/mol. The van der Waals surface area contributed by atoms with E-state index in [1.54, 1.807) is 0 Å². The van der Waals surface area contributed by atoms with E-state index in [4.69, 9.17) is 0 Å². The van der Waals surface area contributed by atoms with Crippen LogP contribution in [0, 0.1) is 0 Å². The van der Waals surface area contributed by atoms with Crippen molar-refractivity contribution in [2.24, 2.45) is 0 Å². The lowest BCUT2D eigenvalue weighted by Crippen LogP contribution is -2.31. The standard InChI is InChI=1S/C17H14N4O2/c22-16(23)17(11-14(17)12-7-3-1-4-8-12)21-15(18-19-20-21)13-9-5-2-6-10-13/h1-10,14H,11H2,(H,22,23). The molecule has 2 aromatic carbocycles. The van der Waals surface area contributed by atoms with Crippen LogP contribution in [0.2, 0.25) is 0 Å². The van der Waals surface area contributed by atoms with Crippen LogP contribution in [0.1, 0.15) is 17.9 Å². The second kappa shape index (κ2) is 5.01. The molecule has 0 bridgehead atoms. The zero-order chi connectivity index (χ0) is 15.9. The van der Waals surface area contributed by atoms with Crippen LogP contribution in [0.25, 0.3) is 11.4 Å². The Morgan fingerprint density at radius 2 is 1.74 bits per heavy atom. The Morgan fingerprint density at radius 3 is 2.39 bits per heavy atom. The highest BCUT2D eigenvalue weighted by molar-refractivity contribution is 5.83. The number of tetrazole rings is 1. The number of carboxylic acids is 1. The molecule has 1 N–H and O–H groups in total. The van der Waals surface area contributed by atoms with Gasteiger partial charge < -0.3 is 5.11 Å². The van der Waals surface area contributed by atoms with Gasteiger partial charge in [0, 0.05) is 11.5 Å². The van der Waals surface area contributed by atoms with Crippen LogP contribution in [0.4, 0.5) is 0 Å². The van der Waals surface area contributed by atoms with Crippen molar-refractivity contribution in [3.05, 3.63) is 66.2 Å². The summed E-state index contributed by atoms with van der Waals surface area (Å²) >= 11 is 0. The Balaban J connectivity index is 1.80. The Kier molecular flexibility index (Phi) is 2.97. The second-order valence-electron chi connectivity index (χ2n) is 5.68. The summed E-state index contributed by atoms with van der Waals surface area (Å²) in [5.74, 6) is -0.561. The van der Waals surface area contributed by atoms with E-state index in [1.165, 1.54) is 4.68 Å². The average Bonchev–Trinajstić information content (AvgIpc) is 3.17. The molecule has 1 aliphatic carbocycles. The number of rotatable bonds is 4. The number of carboxylic acid groups (broad SMARTS) is 1. The molecule has 1 saturated carbocycles. The van der Waals surface area contributed by atoms with Crippen LogP contribution in [-0.2, 0) is 10.3 Å². The van der Waals surface area contributed by atoms with E-state index in [0.717, 1.165) is 11.1 Å². The van der Waals surface area contributed by atoms with Crippen LogP contribution < -0.4 is 0 Å². The molecule has 3 aromatic rings. The van der Waals surface area contributed by atoms with Crippen molar-refractivity contribution >= 4 is 5.97 Å². The minimum atomic E-state index is -1.12. The Labute approximate surface area is 132 Å². The number of aromatic nitrogens is 4. The van der Waals surface area contributed by atoms with Gasteiger partial charge in [-0.1, -0.05) is 60.7 Å². The van der Waals surface area contributed by atoms with E-state index in [2.05, 4.69) is 15.5 Å². The Bertz CT molecular complexity index is 847.